The zero-order valence-electron chi connectivity index (χ0n) is 16.6. The van der Waals surface area contributed by atoms with Crippen LogP contribution in [0.1, 0.15) is 16.1 Å². The molecule has 1 amide bonds. The van der Waals surface area contributed by atoms with Crippen molar-refractivity contribution >= 4 is 17.3 Å². The fourth-order valence-corrected chi connectivity index (χ4v) is 2.79. The SMILES string of the molecule is COc1ccccc1NC(=O)c1cc(NCc2ccc(OC)c(OC)c2)ccn1. The molecule has 0 saturated heterocycles. The number of para-hydroxylation sites is 2. The number of amides is 1. The van der Waals surface area contributed by atoms with Crippen LogP contribution in [0.4, 0.5) is 11.4 Å². The number of hydrogen-bond acceptors (Lipinski definition) is 6. The Kier molecular flexibility index (Phi) is 6.52. The molecule has 150 valence electrons. The summed E-state index contributed by atoms with van der Waals surface area (Å²) in [4.78, 5) is 16.7. The average molecular weight is 393 g/mol. The van der Waals surface area contributed by atoms with E-state index in [0.29, 0.717) is 35.2 Å². The first kappa shape index (κ1) is 20.0. The van der Waals surface area contributed by atoms with Crippen molar-refractivity contribution in [3.05, 3.63) is 72.1 Å². The average Bonchev–Trinajstić information content (AvgIpc) is 2.78. The van der Waals surface area contributed by atoms with Gasteiger partial charge in [0, 0.05) is 18.4 Å². The van der Waals surface area contributed by atoms with Gasteiger partial charge in [-0.15, -0.1) is 0 Å². The Bertz CT molecular complexity index is 991. The van der Waals surface area contributed by atoms with E-state index < -0.39 is 0 Å². The maximum Gasteiger partial charge on any atom is 0.274 e. The van der Waals surface area contributed by atoms with E-state index in [1.54, 1.807) is 51.8 Å². The quantitative estimate of drug-likeness (QED) is 0.603. The summed E-state index contributed by atoms with van der Waals surface area (Å²) in [5.41, 5.74) is 2.68. The van der Waals surface area contributed by atoms with E-state index in [4.69, 9.17) is 14.2 Å². The fourth-order valence-electron chi connectivity index (χ4n) is 2.79. The minimum atomic E-state index is -0.315. The largest absolute Gasteiger partial charge is 0.495 e. The van der Waals surface area contributed by atoms with Gasteiger partial charge in [0.05, 0.1) is 27.0 Å². The van der Waals surface area contributed by atoms with E-state index in [2.05, 4.69) is 15.6 Å². The molecule has 2 N–H and O–H groups in total. The van der Waals surface area contributed by atoms with Crippen LogP contribution in [0, 0.1) is 0 Å². The van der Waals surface area contributed by atoms with Crippen LogP contribution in [-0.4, -0.2) is 32.2 Å². The van der Waals surface area contributed by atoms with Gasteiger partial charge in [-0.1, -0.05) is 18.2 Å². The van der Waals surface area contributed by atoms with Crippen molar-refractivity contribution in [2.45, 2.75) is 6.54 Å². The van der Waals surface area contributed by atoms with Crippen molar-refractivity contribution < 1.29 is 19.0 Å². The van der Waals surface area contributed by atoms with E-state index in [0.717, 1.165) is 11.3 Å². The van der Waals surface area contributed by atoms with Gasteiger partial charge in [-0.05, 0) is 42.0 Å². The number of anilines is 2. The van der Waals surface area contributed by atoms with Crippen molar-refractivity contribution in [3.63, 3.8) is 0 Å². The molecule has 7 nitrogen and oxygen atoms in total. The highest BCUT2D eigenvalue weighted by atomic mass is 16.5. The lowest BCUT2D eigenvalue weighted by Gasteiger charge is -2.12. The summed E-state index contributed by atoms with van der Waals surface area (Å²) < 4.78 is 15.8. The number of ether oxygens (including phenoxy) is 3. The van der Waals surface area contributed by atoms with Crippen LogP contribution in [0.5, 0.6) is 17.2 Å². The summed E-state index contributed by atoms with van der Waals surface area (Å²) in [5, 5.41) is 6.11. The third-order valence-corrected chi connectivity index (χ3v) is 4.29. The van der Waals surface area contributed by atoms with Gasteiger partial charge in [0.15, 0.2) is 11.5 Å². The van der Waals surface area contributed by atoms with E-state index in [1.807, 2.05) is 30.3 Å². The molecule has 0 aliphatic rings. The molecule has 0 atom stereocenters. The zero-order chi connectivity index (χ0) is 20.6. The van der Waals surface area contributed by atoms with E-state index in [9.17, 15) is 4.79 Å². The standard InChI is InChI=1S/C22H23N3O4/c1-27-19-7-5-4-6-17(19)25-22(26)18-13-16(10-11-23-18)24-14-15-8-9-20(28-2)21(12-15)29-3/h4-13H,14H2,1-3H3,(H,23,24)(H,25,26). The van der Waals surface area contributed by atoms with Crippen molar-refractivity contribution in [3.8, 4) is 17.2 Å². The Morgan fingerprint density at radius 3 is 2.41 bits per heavy atom. The number of carbonyl (C=O) groups is 1. The number of pyridine rings is 1. The Morgan fingerprint density at radius 2 is 1.66 bits per heavy atom. The molecule has 0 spiro atoms. The second-order valence-electron chi connectivity index (χ2n) is 6.13. The Balaban J connectivity index is 1.68. The van der Waals surface area contributed by atoms with Gasteiger partial charge >= 0.3 is 0 Å². The lowest BCUT2D eigenvalue weighted by atomic mass is 10.2. The molecule has 0 radical (unpaired) electrons. The van der Waals surface area contributed by atoms with Gasteiger partial charge in [-0.3, -0.25) is 9.78 Å². The monoisotopic (exact) mass is 393 g/mol. The lowest BCUT2D eigenvalue weighted by molar-refractivity contribution is 0.102. The molecule has 0 aliphatic carbocycles. The highest BCUT2D eigenvalue weighted by molar-refractivity contribution is 6.04. The molecule has 29 heavy (non-hydrogen) atoms. The highest BCUT2D eigenvalue weighted by Gasteiger charge is 2.11. The Morgan fingerprint density at radius 1 is 0.897 bits per heavy atom. The minimum absolute atomic E-state index is 0.299. The van der Waals surface area contributed by atoms with E-state index in [-0.39, 0.29) is 5.91 Å². The van der Waals surface area contributed by atoms with Crippen LogP contribution in [0.3, 0.4) is 0 Å². The van der Waals surface area contributed by atoms with Gasteiger partial charge in [0.25, 0.3) is 5.91 Å². The first-order valence-corrected chi connectivity index (χ1v) is 8.99. The van der Waals surface area contributed by atoms with Crippen LogP contribution in [0.25, 0.3) is 0 Å². The molecule has 3 rings (SSSR count). The number of benzene rings is 2. The molecular formula is C22H23N3O4. The number of aromatic nitrogens is 1. The Hall–Kier alpha value is -3.74. The summed E-state index contributed by atoms with van der Waals surface area (Å²) in [6, 6.07) is 16.4. The first-order chi connectivity index (χ1) is 14.1. The van der Waals surface area contributed by atoms with Gasteiger partial charge < -0.3 is 24.8 Å². The second kappa shape index (κ2) is 9.45. The molecule has 7 heteroatoms. The number of rotatable bonds is 8. The lowest BCUT2D eigenvalue weighted by Crippen LogP contribution is -2.14. The predicted molar refractivity (Wildman–Crippen MR) is 112 cm³/mol. The Labute approximate surface area is 169 Å². The third kappa shape index (κ3) is 4.95. The predicted octanol–water partition coefficient (Wildman–Crippen LogP) is 3.97. The number of carbonyl (C=O) groups excluding carboxylic acids is 1. The molecule has 0 fully saturated rings. The molecule has 2 aromatic carbocycles. The number of methoxy groups -OCH3 is 3. The van der Waals surface area contributed by atoms with Gasteiger partial charge in [0.2, 0.25) is 0 Å². The molecule has 3 aromatic rings. The normalized spacial score (nSPS) is 10.2. The van der Waals surface area contributed by atoms with E-state index in [1.165, 1.54) is 0 Å². The zero-order valence-corrected chi connectivity index (χ0v) is 16.6. The minimum Gasteiger partial charge on any atom is -0.495 e. The molecule has 0 unspecified atom stereocenters. The van der Waals surface area contributed by atoms with Crippen molar-refractivity contribution in [2.75, 3.05) is 32.0 Å². The maximum absolute atomic E-state index is 12.6. The summed E-state index contributed by atoms with van der Waals surface area (Å²) in [6.07, 6.45) is 1.59. The molecule has 0 bridgehead atoms. The fraction of sp³-hybridized carbons (Fsp3) is 0.182. The van der Waals surface area contributed by atoms with Crippen molar-refractivity contribution in [1.29, 1.82) is 0 Å². The van der Waals surface area contributed by atoms with Crippen molar-refractivity contribution in [2.24, 2.45) is 0 Å². The third-order valence-electron chi connectivity index (χ3n) is 4.29. The smallest absolute Gasteiger partial charge is 0.274 e. The second-order valence-corrected chi connectivity index (χ2v) is 6.13. The molecule has 1 aromatic heterocycles. The van der Waals surface area contributed by atoms with Gasteiger partial charge in [0.1, 0.15) is 11.4 Å². The molecule has 0 aliphatic heterocycles. The number of nitrogens with one attached hydrogen (secondary N) is 2. The maximum atomic E-state index is 12.6. The molecule has 0 saturated carbocycles. The summed E-state index contributed by atoms with van der Waals surface area (Å²) in [7, 11) is 4.76. The summed E-state index contributed by atoms with van der Waals surface area (Å²) in [5.74, 6) is 1.61. The molecular weight excluding hydrogens is 370 g/mol. The topological polar surface area (TPSA) is 81.7 Å². The number of nitrogens with zero attached hydrogens (tertiary/aromatic N) is 1. The molecule has 1 heterocycles. The van der Waals surface area contributed by atoms with Crippen molar-refractivity contribution in [1.82, 2.24) is 4.98 Å². The van der Waals surface area contributed by atoms with Gasteiger partial charge in [-0.2, -0.15) is 0 Å². The number of hydrogen-bond donors (Lipinski definition) is 2. The summed E-state index contributed by atoms with van der Waals surface area (Å²) >= 11 is 0. The van der Waals surface area contributed by atoms with Crippen LogP contribution < -0.4 is 24.8 Å². The van der Waals surface area contributed by atoms with Crippen LogP contribution in [-0.2, 0) is 6.54 Å². The summed E-state index contributed by atoms with van der Waals surface area (Å²) in [6.45, 7) is 0.554. The van der Waals surface area contributed by atoms with Crippen LogP contribution in [0.2, 0.25) is 0 Å². The highest BCUT2D eigenvalue weighted by Crippen LogP contribution is 2.28. The van der Waals surface area contributed by atoms with Crippen LogP contribution in [0.15, 0.2) is 60.8 Å². The van der Waals surface area contributed by atoms with E-state index >= 15 is 0 Å². The van der Waals surface area contributed by atoms with Gasteiger partial charge in [-0.25, -0.2) is 0 Å². The first-order valence-electron chi connectivity index (χ1n) is 8.99. The van der Waals surface area contributed by atoms with Crippen LogP contribution >= 0.6 is 0 Å².